The van der Waals surface area contributed by atoms with Gasteiger partial charge in [-0.2, -0.15) is 8.61 Å². The van der Waals surface area contributed by atoms with Crippen LogP contribution in [-0.2, 0) is 20.0 Å². The molecule has 1 aromatic carbocycles. The van der Waals surface area contributed by atoms with Crippen LogP contribution in [0.3, 0.4) is 0 Å². The highest BCUT2D eigenvalue weighted by Crippen LogP contribution is 2.24. The number of rotatable bonds is 5. The number of nitrogens with zero attached hydrogens (tertiary/aromatic N) is 3. The van der Waals surface area contributed by atoms with Gasteiger partial charge in [0.05, 0.1) is 16.1 Å². The number of sulfonamides is 2. The number of hydrogen-bond donors (Lipinski definition) is 0. The molecule has 2 aliphatic heterocycles. The maximum absolute atomic E-state index is 13.0. The summed E-state index contributed by atoms with van der Waals surface area (Å²) in [7, 11) is -7.43. The van der Waals surface area contributed by atoms with Crippen LogP contribution in [0.15, 0.2) is 56.9 Å². The minimum atomic E-state index is -3.79. The predicted molar refractivity (Wildman–Crippen MR) is 117 cm³/mol. The van der Waals surface area contributed by atoms with Crippen LogP contribution in [0.25, 0.3) is 0 Å². The van der Waals surface area contributed by atoms with Crippen molar-refractivity contribution in [2.24, 2.45) is 0 Å². The summed E-state index contributed by atoms with van der Waals surface area (Å²) in [4.78, 5) is 14.1. The summed E-state index contributed by atoms with van der Waals surface area (Å²) in [6.07, 6.45) is 5.12. The summed E-state index contributed by atoms with van der Waals surface area (Å²) in [5.41, 5.74) is 0. The first-order valence-electron chi connectivity index (χ1n) is 10.7. The van der Waals surface area contributed by atoms with Crippen molar-refractivity contribution in [2.75, 3.05) is 39.3 Å². The molecule has 11 heteroatoms. The van der Waals surface area contributed by atoms with Crippen molar-refractivity contribution in [1.82, 2.24) is 13.5 Å². The Morgan fingerprint density at radius 1 is 0.688 bits per heavy atom. The van der Waals surface area contributed by atoms with Gasteiger partial charge in [-0.1, -0.05) is 12.8 Å². The number of carbonyl (C=O) groups excluding carboxylic acids is 1. The summed E-state index contributed by atoms with van der Waals surface area (Å²) >= 11 is 0. The van der Waals surface area contributed by atoms with Gasteiger partial charge in [-0.3, -0.25) is 4.79 Å². The van der Waals surface area contributed by atoms with E-state index in [2.05, 4.69) is 0 Å². The average Bonchev–Trinajstić information content (AvgIpc) is 3.20. The van der Waals surface area contributed by atoms with Gasteiger partial charge >= 0.3 is 0 Å². The maximum Gasteiger partial charge on any atom is 0.289 e. The van der Waals surface area contributed by atoms with E-state index in [0.29, 0.717) is 13.1 Å². The Morgan fingerprint density at radius 2 is 1.19 bits per heavy atom. The average molecular weight is 482 g/mol. The Bertz CT molecular complexity index is 1130. The minimum Gasteiger partial charge on any atom is -0.459 e. The fourth-order valence-corrected chi connectivity index (χ4v) is 6.99. The van der Waals surface area contributed by atoms with Crippen LogP contribution < -0.4 is 0 Å². The van der Waals surface area contributed by atoms with Crippen molar-refractivity contribution >= 4 is 26.0 Å². The van der Waals surface area contributed by atoms with Crippen LogP contribution in [0.4, 0.5) is 0 Å². The lowest BCUT2D eigenvalue weighted by atomic mass is 10.2. The molecule has 9 nitrogen and oxygen atoms in total. The fourth-order valence-electron chi connectivity index (χ4n) is 4.05. The molecule has 0 bridgehead atoms. The van der Waals surface area contributed by atoms with E-state index in [1.54, 1.807) is 17.0 Å². The molecule has 1 aromatic heterocycles. The van der Waals surface area contributed by atoms with Crippen LogP contribution in [0.2, 0.25) is 0 Å². The summed E-state index contributed by atoms with van der Waals surface area (Å²) < 4.78 is 59.9. The normalized spacial score (nSPS) is 19.6. The lowest BCUT2D eigenvalue weighted by molar-refractivity contribution is 0.0666. The van der Waals surface area contributed by atoms with Crippen molar-refractivity contribution in [3.63, 3.8) is 0 Å². The SMILES string of the molecule is O=C(c1ccco1)N1CCN(S(=O)(=O)c2ccc(S(=O)(=O)N3CCCCCC3)cc2)CC1. The monoisotopic (exact) mass is 481 g/mol. The summed E-state index contributed by atoms with van der Waals surface area (Å²) in [5, 5.41) is 0. The third kappa shape index (κ3) is 4.61. The zero-order valence-electron chi connectivity index (χ0n) is 17.7. The topological polar surface area (TPSA) is 108 Å². The molecule has 1 amide bonds. The maximum atomic E-state index is 13.0. The van der Waals surface area contributed by atoms with Gasteiger partial charge in [0.25, 0.3) is 5.91 Å². The van der Waals surface area contributed by atoms with E-state index in [1.165, 1.54) is 39.1 Å². The second kappa shape index (κ2) is 9.34. The van der Waals surface area contributed by atoms with Gasteiger partial charge < -0.3 is 9.32 Å². The Hall–Kier alpha value is -2.21. The number of piperazine rings is 1. The number of benzene rings is 1. The number of furan rings is 1. The molecule has 0 aliphatic carbocycles. The van der Waals surface area contributed by atoms with Gasteiger partial charge in [0, 0.05) is 39.3 Å². The molecule has 0 spiro atoms. The third-order valence-corrected chi connectivity index (χ3v) is 9.75. The highest BCUT2D eigenvalue weighted by atomic mass is 32.2. The van der Waals surface area contributed by atoms with E-state index in [4.69, 9.17) is 4.42 Å². The van der Waals surface area contributed by atoms with Crippen molar-refractivity contribution in [2.45, 2.75) is 35.5 Å². The fraction of sp³-hybridized carbons (Fsp3) is 0.476. The van der Waals surface area contributed by atoms with Crippen LogP contribution in [0.1, 0.15) is 36.2 Å². The van der Waals surface area contributed by atoms with Crippen LogP contribution in [-0.4, -0.2) is 75.5 Å². The molecular formula is C21H27N3O6S2. The molecule has 0 unspecified atom stereocenters. The second-order valence-electron chi connectivity index (χ2n) is 7.96. The first-order chi connectivity index (χ1) is 15.3. The van der Waals surface area contributed by atoms with E-state index in [0.717, 1.165) is 25.7 Å². The van der Waals surface area contributed by atoms with Crippen molar-refractivity contribution in [3.05, 3.63) is 48.4 Å². The molecule has 0 saturated carbocycles. The molecule has 0 radical (unpaired) electrons. The molecule has 2 aromatic rings. The van der Waals surface area contributed by atoms with Gasteiger partial charge in [-0.25, -0.2) is 16.8 Å². The predicted octanol–water partition coefficient (Wildman–Crippen LogP) is 1.99. The van der Waals surface area contributed by atoms with Crippen molar-refractivity contribution in [1.29, 1.82) is 0 Å². The number of hydrogen-bond acceptors (Lipinski definition) is 6. The molecule has 4 rings (SSSR count). The van der Waals surface area contributed by atoms with E-state index < -0.39 is 20.0 Å². The van der Waals surface area contributed by atoms with Crippen LogP contribution >= 0.6 is 0 Å². The van der Waals surface area contributed by atoms with E-state index in [9.17, 15) is 21.6 Å². The summed E-state index contributed by atoms with van der Waals surface area (Å²) in [6.45, 7) is 1.79. The zero-order chi connectivity index (χ0) is 22.8. The van der Waals surface area contributed by atoms with Crippen LogP contribution in [0, 0.1) is 0 Å². The molecule has 0 atom stereocenters. The molecule has 174 valence electrons. The van der Waals surface area contributed by atoms with Crippen molar-refractivity contribution in [3.8, 4) is 0 Å². The Labute approximate surface area is 188 Å². The highest BCUT2D eigenvalue weighted by Gasteiger charge is 2.32. The second-order valence-corrected chi connectivity index (χ2v) is 11.8. The molecule has 0 N–H and O–H groups in total. The smallest absolute Gasteiger partial charge is 0.289 e. The summed E-state index contributed by atoms with van der Waals surface area (Å²) in [6, 6.07) is 8.63. The van der Waals surface area contributed by atoms with E-state index in [1.807, 2.05) is 0 Å². The number of amides is 1. The minimum absolute atomic E-state index is 0.0399. The van der Waals surface area contributed by atoms with Crippen molar-refractivity contribution < 1.29 is 26.0 Å². The van der Waals surface area contributed by atoms with Gasteiger partial charge in [0.2, 0.25) is 20.0 Å². The highest BCUT2D eigenvalue weighted by molar-refractivity contribution is 7.89. The zero-order valence-corrected chi connectivity index (χ0v) is 19.4. The van der Waals surface area contributed by atoms with Crippen LogP contribution in [0.5, 0.6) is 0 Å². The van der Waals surface area contributed by atoms with E-state index >= 15 is 0 Å². The first-order valence-corrected chi connectivity index (χ1v) is 13.6. The Balaban J connectivity index is 1.44. The van der Waals surface area contributed by atoms with Gasteiger partial charge in [0.15, 0.2) is 5.76 Å². The lowest BCUT2D eigenvalue weighted by Crippen LogP contribution is -2.50. The Morgan fingerprint density at radius 3 is 1.66 bits per heavy atom. The van der Waals surface area contributed by atoms with Gasteiger partial charge in [0.1, 0.15) is 0 Å². The molecule has 32 heavy (non-hydrogen) atoms. The standard InChI is InChI=1S/C21H27N3O6S2/c25-21(20-6-5-17-30-20)22-13-15-24(16-14-22)32(28,29)19-9-7-18(8-10-19)31(26,27)23-11-3-1-2-4-12-23/h5-10,17H,1-4,11-16H2. The molecule has 2 fully saturated rings. The largest absolute Gasteiger partial charge is 0.459 e. The Kier molecular flexibility index (Phi) is 6.70. The first kappa shape index (κ1) is 23.0. The van der Waals surface area contributed by atoms with E-state index in [-0.39, 0.29) is 47.6 Å². The van der Waals surface area contributed by atoms with Gasteiger partial charge in [-0.05, 0) is 49.2 Å². The molecule has 2 saturated heterocycles. The lowest BCUT2D eigenvalue weighted by Gasteiger charge is -2.33. The molecular weight excluding hydrogens is 454 g/mol. The van der Waals surface area contributed by atoms with Gasteiger partial charge in [-0.15, -0.1) is 0 Å². The molecule has 2 aliphatic rings. The quantitative estimate of drug-likeness (QED) is 0.646. The number of carbonyl (C=O) groups is 1. The summed E-state index contributed by atoms with van der Waals surface area (Å²) in [5.74, 6) is -0.0439. The molecule has 3 heterocycles. The third-order valence-electron chi connectivity index (χ3n) is 5.92.